The normalized spacial score (nSPS) is 10.2. The van der Waals surface area contributed by atoms with Crippen molar-refractivity contribution >= 4 is 63.1 Å². The average Bonchev–Trinajstić information content (AvgIpc) is 2.44. The fourth-order valence-electron chi connectivity index (χ4n) is 1.73. The first kappa shape index (κ1) is 16.8. The topological polar surface area (TPSA) is 24.1 Å². The molecule has 2 N–H and O–H groups in total. The Kier molecular flexibility index (Phi) is 6.54. The number of benzene rings is 2. The molecule has 2 nitrogen and oxygen atoms in total. The predicted octanol–water partition coefficient (Wildman–Crippen LogP) is 4.76. The minimum atomic E-state index is 0.564. The van der Waals surface area contributed by atoms with Crippen molar-refractivity contribution in [3.63, 3.8) is 0 Å². The fourth-order valence-corrected chi connectivity index (χ4v) is 2.96. The SMILES string of the molecule is S=C(NCc1cccc(I)c1)NCc1ccc(Cl)cc1Cl. The van der Waals surface area contributed by atoms with Crippen LogP contribution in [-0.4, -0.2) is 5.11 Å². The second-order valence-corrected chi connectivity index (χ2v) is 6.90. The third kappa shape index (κ3) is 5.62. The highest BCUT2D eigenvalue weighted by Crippen LogP contribution is 2.20. The Hall–Kier alpha value is -0.560. The molecule has 0 aromatic heterocycles. The zero-order valence-electron chi connectivity index (χ0n) is 11.0. The first-order chi connectivity index (χ1) is 10.0. The van der Waals surface area contributed by atoms with Gasteiger partial charge >= 0.3 is 0 Å². The highest BCUT2D eigenvalue weighted by Gasteiger charge is 2.02. The summed E-state index contributed by atoms with van der Waals surface area (Å²) in [7, 11) is 0. The molecule has 0 unspecified atom stereocenters. The monoisotopic (exact) mass is 450 g/mol. The zero-order valence-corrected chi connectivity index (χ0v) is 15.5. The van der Waals surface area contributed by atoms with Crippen LogP contribution >= 0.6 is 58.0 Å². The van der Waals surface area contributed by atoms with E-state index in [1.807, 2.05) is 18.2 Å². The molecule has 21 heavy (non-hydrogen) atoms. The highest BCUT2D eigenvalue weighted by atomic mass is 127. The summed E-state index contributed by atoms with van der Waals surface area (Å²) in [6.07, 6.45) is 0. The Morgan fingerprint density at radius 3 is 2.52 bits per heavy atom. The standard InChI is InChI=1S/C15H13Cl2IN2S/c16-12-5-4-11(14(17)7-12)9-20-15(21)19-8-10-2-1-3-13(18)6-10/h1-7H,8-9H2,(H2,19,20,21). The highest BCUT2D eigenvalue weighted by molar-refractivity contribution is 14.1. The van der Waals surface area contributed by atoms with Crippen LogP contribution in [0.2, 0.25) is 10.0 Å². The van der Waals surface area contributed by atoms with Crippen LogP contribution < -0.4 is 10.6 Å². The van der Waals surface area contributed by atoms with Crippen LogP contribution in [0.25, 0.3) is 0 Å². The molecule has 0 amide bonds. The van der Waals surface area contributed by atoms with Gasteiger partial charge in [0.25, 0.3) is 0 Å². The van der Waals surface area contributed by atoms with Gasteiger partial charge in [0.05, 0.1) is 0 Å². The smallest absolute Gasteiger partial charge is 0.166 e. The molecule has 0 saturated carbocycles. The molecule has 0 atom stereocenters. The Labute approximate surface area is 153 Å². The number of halogens is 3. The molecule has 0 fully saturated rings. The number of nitrogens with one attached hydrogen (secondary N) is 2. The second-order valence-electron chi connectivity index (χ2n) is 4.40. The molecule has 2 aromatic rings. The number of hydrogen-bond donors (Lipinski definition) is 2. The Morgan fingerprint density at radius 2 is 1.81 bits per heavy atom. The molecule has 2 aromatic carbocycles. The molecule has 2 rings (SSSR count). The third-order valence-corrected chi connectivity index (χ3v) is 4.34. The van der Waals surface area contributed by atoms with E-state index in [1.54, 1.807) is 6.07 Å². The predicted molar refractivity (Wildman–Crippen MR) is 102 cm³/mol. The molecule has 0 aliphatic carbocycles. The quantitative estimate of drug-likeness (QED) is 0.518. The molecule has 0 radical (unpaired) electrons. The lowest BCUT2D eigenvalue weighted by molar-refractivity contribution is 0.833. The van der Waals surface area contributed by atoms with E-state index in [2.05, 4.69) is 51.4 Å². The molecular weight excluding hydrogens is 438 g/mol. The van der Waals surface area contributed by atoms with Gasteiger partial charge in [0.1, 0.15) is 0 Å². The Balaban J connectivity index is 1.82. The van der Waals surface area contributed by atoms with Gasteiger partial charge in [0, 0.05) is 26.7 Å². The van der Waals surface area contributed by atoms with E-state index in [-0.39, 0.29) is 0 Å². The molecular formula is C15H13Cl2IN2S. The Bertz CT molecular complexity index is 649. The van der Waals surface area contributed by atoms with Crippen LogP contribution in [0.4, 0.5) is 0 Å². The molecule has 0 spiro atoms. The second kappa shape index (κ2) is 8.17. The van der Waals surface area contributed by atoms with E-state index in [0.717, 1.165) is 5.56 Å². The van der Waals surface area contributed by atoms with E-state index in [4.69, 9.17) is 35.4 Å². The number of thiocarbonyl (C=S) groups is 1. The van der Waals surface area contributed by atoms with Gasteiger partial charge in [-0.1, -0.05) is 41.4 Å². The summed E-state index contributed by atoms with van der Waals surface area (Å²) in [5, 5.41) is 8.17. The lowest BCUT2D eigenvalue weighted by atomic mass is 10.2. The summed E-state index contributed by atoms with van der Waals surface area (Å²) >= 11 is 19.5. The van der Waals surface area contributed by atoms with Crippen LogP contribution in [0.15, 0.2) is 42.5 Å². The van der Waals surface area contributed by atoms with Crippen LogP contribution in [-0.2, 0) is 13.1 Å². The van der Waals surface area contributed by atoms with Crippen LogP contribution in [0, 0.1) is 3.57 Å². The third-order valence-electron chi connectivity index (χ3n) is 2.80. The first-order valence-electron chi connectivity index (χ1n) is 6.24. The van der Waals surface area contributed by atoms with Crippen LogP contribution in [0.1, 0.15) is 11.1 Å². The first-order valence-corrected chi connectivity index (χ1v) is 8.49. The molecule has 0 heterocycles. The van der Waals surface area contributed by atoms with Crippen molar-refractivity contribution in [3.05, 3.63) is 67.2 Å². The summed E-state index contributed by atoms with van der Waals surface area (Å²) in [6, 6.07) is 13.7. The van der Waals surface area contributed by atoms with Gasteiger partial charge in [0.15, 0.2) is 5.11 Å². The van der Waals surface area contributed by atoms with Gasteiger partial charge < -0.3 is 10.6 Å². The van der Waals surface area contributed by atoms with Crippen LogP contribution in [0.3, 0.4) is 0 Å². The van der Waals surface area contributed by atoms with Crippen molar-refractivity contribution < 1.29 is 0 Å². The van der Waals surface area contributed by atoms with E-state index < -0.39 is 0 Å². The number of hydrogen-bond acceptors (Lipinski definition) is 1. The number of rotatable bonds is 4. The molecule has 0 bridgehead atoms. The summed E-state index contributed by atoms with van der Waals surface area (Å²) in [5.74, 6) is 0. The van der Waals surface area contributed by atoms with Crippen molar-refractivity contribution in [2.24, 2.45) is 0 Å². The van der Waals surface area contributed by atoms with Crippen molar-refractivity contribution in [3.8, 4) is 0 Å². The maximum Gasteiger partial charge on any atom is 0.166 e. The minimum absolute atomic E-state index is 0.564. The van der Waals surface area contributed by atoms with Crippen molar-refractivity contribution in [2.45, 2.75) is 13.1 Å². The van der Waals surface area contributed by atoms with Gasteiger partial charge in [-0.05, 0) is 70.2 Å². The summed E-state index contributed by atoms with van der Waals surface area (Å²) < 4.78 is 1.21. The molecule has 6 heteroatoms. The van der Waals surface area contributed by atoms with E-state index in [9.17, 15) is 0 Å². The molecule has 0 aliphatic heterocycles. The lowest BCUT2D eigenvalue weighted by Crippen LogP contribution is -2.34. The van der Waals surface area contributed by atoms with E-state index >= 15 is 0 Å². The average molecular weight is 451 g/mol. The largest absolute Gasteiger partial charge is 0.359 e. The summed E-state index contributed by atoms with van der Waals surface area (Å²) in [6.45, 7) is 1.26. The Morgan fingerprint density at radius 1 is 1.05 bits per heavy atom. The summed E-state index contributed by atoms with van der Waals surface area (Å²) in [4.78, 5) is 0. The minimum Gasteiger partial charge on any atom is -0.359 e. The molecule has 0 aliphatic rings. The van der Waals surface area contributed by atoms with Crippen molar-refractivity contribution in [1.82, 2.24) is 10.6 Å². The van der Waals surface area contributed by atoms with E-state index in [1.165, 1.54) is 9.13 Å². The van der Waals surface area contributed by atoms with Crippen LogP contribution in [0.5, 0.6) is 0 Å². The molecule has 0 saturated heterocycles. The molecule has 110 valence electrons. The summed E-state index contributed by atoms with van der Waals surface area (Å²) in [5.41, 5.74) is 2.15. The lowest BCUT2D eigenvalue weighted by Gasteiger charge is -2.12. The van der Waals surface area contributed by atoms with Gasteiger partial charge in [-0.15, -0.1) is 0 Å². The van der Waals surface area contributed by atoms with Crippen molar-refractivity contribution in [1.29, 1.82) is 0 Å². The van der Waals surface area contributed by atoms with Gasteiger partial charge in [0.2, 0.25) is 0 Å². The van der Waals surface area contributed by atoms with E-state index in [0.29, 0.717) is 28.2 Å². The van der Waals surface area contributed by atoms with Gasteiger partial charge in [-0.2, -0.15) is 0 Å². The van der Waals surface area contributed by atoms with Gasteiger partial charge in [-0.3, -0.25) is 0 Å². The van der Waals surface area contributed by atoms with Gasteiger partial charge in [-0.25, -0.2) is 0 Å². The van der Waals surface area contributed by atoms with Crippen molar-refractivity contribution in [2.75, 3.05) is 0 Å². The maximum atomic E-state index is 6.11. The zero-order chi connectivity index (χ0) is 15.2. The fraction of sp³-hybridized carbons (Fsp3) is 0.133. The maximum absolute atomic E-state index is 6.11.